The maximum absolute atomic E-state index is 12.4. The van der Waals surface area contributed by atoms with Gasteiger partial charge in [0.1, 0.15) is 17.2 Å². The zero-order valence-electron chi connectivity index (χ0n) is 15.9. The number of amides is 2. The molecule has 2 N–H and O–H groups in total. The Hall–Kier alpha value is -1.87. The Bertz CT molecular complexity index is 450. The summed E-state index contributed by atoms with van der Waals surface area (Å²) in [5.41, 5.74) is -1.91. The standard InChI is InChI=1S/C16H29NO8/c1-15(2,3)24-13(21)17(14(22)25-16(4,5)6)11(12(19)20)8-10(18)9-23-7/h10-11,18H,8-9H2,1-7H3,(H,19,20). The highest BCUT2D eigenvalue weighted by molar-refractivity contribution is 5.93. The van der Waals surface area contributed by atoms with Gasteiger partial charge in [0.2, 0.25) is 0 Å². The van der Waals surface area contributed by atoms with E-state index in [2.05, 4.69) is 0 Å². The van der Waals surface area contributed by atoms with Crippen molar-refractivity contribution in [3.63, 3.8) is 0 Å². The van der Waals surface area contributed by atoms with E-state index in [4.69, 9.17) is 14.2 Å². The number of carbonyl (C=O) groups excluding carboxylic acids is 2. The van der Waals surface area contributed by atoms with Crippen LogP contribution < -0.4 is 0 Å². The van der Waals surface area contributed by atoms with E-state index in [9.17, 15) is 24.6 Å². The minimum Gasteiger partial charge on any atom is -0.480 e. The van der Waals surface area contributed by atoms with Crippen LogP contribution in [0.25, 0.3) is 0 Å². The van der Waals surface area contributed by atoms with Crippen LogP contribution in [0.4, 0.5) is 9.59 Å². The second kappa shape index (κ2) is 9.00. The van der Waals surface area contributed by atoms with Gasteiger partial charge in [0, 0.05) is 13.5 Å². The van der Waals surface area contributed by atoms with Crippen LogP contribution >= 0.6 is 0 Å². The van der Waals surface area contributed by atoms with Crippen molar-refractivity contribution in [2.75, 3.05) is 13.7 Å². The van der Waals surface area contributed by atoms with E-state index in [-0.39, 0.29) is 6.61 Å². The number of nitrogens with zero attached hydrogens (tertiary/aromatic N) is 1. The van der Waals surface area contributed by atoms with Crippen LogP contribution in [0, 0.1) is 0 Å². The summed E-state index contributed by atoms with van der Waals surface area (Å²) >= 11 is 0. The van der Waals surface area contributed by atoms with Gasteiger partial charge < -0.3 is 24.4 Å². The fourth-order valence-electron chi connectivity index (χ4n) is 1.79. The summed E-state index contributed by atoms with van der Waals surface area (Å²) in [6.07, 6.45) is -3.96. The molecular weight excluding hydrogens is 334 g/mol. The third-order valence-corrected chi connectivity index (χ3v) is 2.63. The van der Waals surface area contributed by atoms with E-state index >= 15 is 0 Å². The first-order valence-corrected chi connectivity index (χ1v) is 7.83. The highest BCUT2D eigenvalue weighted by Crippen LogP contribution is 2.19. The predicted molar refractivity (Wildman–Crippen MR) is 88.2 cm³/mol. The Kier molecular flexibility index (Phi) is 8.33. The molecule has 0 saturated heterocycles. The summed E-state index contributed by atoms with van der Waals surface area (Å²) < 4.78 is 15.0. The first kappa shape index (κ1) is 23.1. The van der Waals surface area contributed by atoms with Gasteiger partial charge >= 0.3 is 18.2 Å². The number of hydrogen-bond donors (Lipinski definition) is 2. The minimum atomic E-state index is -1.67. The summed E-state index contributed by atoms with van der Waals surface area (Å²) in [4.78, 5) is 36.8. The molecule has 146 valence electrons. The molecule has 0 saturated carbocycles. The van der Waals surface area contributed by atoms with Crippen LogP contribution in [0.2, 0.25) is 0 Å². The topological polar surface area (TPSA) is 123 Å². The lowest BCUT2D eigenvalue weighted by Crippen LogP contribution is -2.53. The number of methoxy groups -OCH3 is 1. The average Bonchev–Trinajstić information content (AvgIpc) is 2.33. The number of rotatable bonds is 6. The number of aliphatic hydroxyl groups is 1. The largest absolute Gasteiger partial charge is 0.480 e. The van der Waals surface area contributed by atoms with Crippen LogP contribution in [0.3, 0.4) is 0 Å². The summed E-state index contributed by atoms with van der Waals surface area (Å²) in [5.74, 6) is -1.48. The molecule has 2 unspecified atom stereocenters. The van der Waals surface area contributed by atoms with Crippen LogP contribution in [0.15, 0.2) is 0 Å². The first-order chi connectivity index (χ1) is 11.2. The Morgan fingerprint density at radius 2 is 1.36 bits per heavy atom. The van der Waals surface area contributed by atoms with Crippen LogP contribution in [-0.2, 0) is 19.0 Å². The second-order valence-electron chi connectivity index (χ2n) is 7.53. The van der Waals surface area contributed by atoms with Crippen molar-refractivity contribution in [1.29, 1.82) is 0 Å². The summed E-state index contributed by atoms with van der Waals surface area (Å²) in [7, 11) is 1.33. The smallest absolute Gasteiger partial charge is 0.420 e. The van der Waals surface area contributed by atoms with Gasteiger partial charge in [-0.05, 0) is 41.5 Å². The highest BCUT2D eigenvalue weighted by atomic mass is 16.6. The van der Waals surface area contributed by atoms with Gasteiger partial charge in [0.05, 0.1) is 12.7 Å². The van der Waals surface area contributed by atoms with E-state index in [0.717, 1.165) is 0 Å². The highest BCUT2D eigenvalue weighted by Gasteiger charge is 2.41. The Morgan fingerprint density at radius 3 is 1.64 bits per heavy atom. The van der Waals surface area contributed by atoms with Gasteiger partial charge in [0.15, 0.2) is 0 Å². The molecule has 2 amide bonds. The molecule has 0 aliphatic rings. The Balaban J connectivity index is 5.67. The van der Waals surface area contributed by atoms with Crippen molar-refractivity contribution in [2.24, 2.45) is 0 Å². The number of carbonyl (C=O) groups is 3. The van der Waals surface area contributed by atoms with Crippen LogP contribution in [0.5, 0.6) is 0 Å². The van der Waals surface area contributed by atoms with Gasteiger partial charge in [-0.3, -0.25) is 0 Å². The van der Waals surface area contributed by atoms with Crippen molar-refractivity contribution in [3.05, 3.63) is 0 Å². The molecule has 0 aliphatic heterocycles. The first-order valence-electron chi connectivity index (χ1n) is 7.83. The predicted octanol–water partition coefficient (Wildman–Crippen LogP) is 2.01. The number of imide groups is 1. The molecule has 0 aromatic heterocycles. The molecule has 25 heavy (non-hydrogen) atoms. The molecule has 9 heteroatoms. The van der Waals surface area contributed by atoms with Crippen molar-refractivity contribution >= 4 is 18.2 Å². The Morgan fingerprint density at radius 1 is 0.960 bits per heavy atom. The molecule has 0 rings (SSSR count). The van der Waals surface area contributed by atoms with Crippen molar-refractivity contribution in [2.45, 2.75) is 71.3 Å². The fourth-order valence-corrected chi connectivity index (χ4v) is 1.79. The zero-order valence-corrected chi connectivity index (χ0v) is 15.9. The maximum atomic E-state index is 12.4. The second-order valence-corrected chi connectivity index (χ2v) is 7.53. The number of ether oxygens (including phenoxy) is 3. The molecule has 0 aromatic rings. The normalized spacial score (nSPS) is 14.4. The SMILES string of the molecule is COCC(O)CC(C(=O)O)N(C(=O)OC(C)(C)C)C(=O)OC(C)(C)C. The van der Waals surface area contributed by atoms with E-state index in [1.54, 1.807) is 41.5 Å². The van der Waals surface area contributed by atoms with Gasteiger partial charge in [-0.2, -0.15) is 4.90 Å². The van der Waals surface area contributed by atoms with Gasteiger partial charge in [-0.15, -0.1) is 0 Å². The van der Waals surface area contributed by atoms with E-state index in [1.807, 2.05) is 0 Å². The van der Waals surface area contributed by atoms with Gasteiger partial charge in [-0.1, -0.05) is 0 Å². The van der Waals surface area contributed by atoms with Crippen LogP contribution in [0.1, 0.15) is 48.0 Å². The number of aliphatic hydroxyl groups excluding tert-OH is 1. The molecule has 0 spiro atoms. The van der Waals surface area contributed by atoms with E-state index in [1.165, 1.54) is 7.11 Å². The summed E-state index contributed by atoms with van der Waals surface area (Å²) in [5, 5.41) is 19.3. The summed E-state index contributed by atoms with van der Waals surface area (Å²) in [6.45, 7) is 9.31. The molecule has 0 aliphatic carbocycles. The fraction of sp³-hybridized carbons (Fsp3) is 0.812. The number of carboxylic acids is 1. The quantitative estimate of drug-likeness (QED) is 0.735. The number of hydrogen-bond acceptors (Lipinski definition) is 7. The van der Waals surface area contributed by atoms with Crippen molar-refractivity contribution in [3.8, 4) is 0 Å². The third kappa shape index (κ3) is 9.25. The summed E-state index contributed by atoms with van der Waals surface area (Å²) in [6, 6.07) is -1.67. The maximum Gasteiger partial charge on any atom is 0.420 e. The molecule has 0 heterocycles. The van der Waals surface area contributed by atoms with Crippen molar-refractivity contribution < 1.29 is 38.8 Å². The monoisotopic (exact) mass is 363 g/mol. The van der Waals surface area contributed by atoms with Gasteiger partial charge in [-0.25, -0.2) is 14.4 Å². The van der Waals surface area contributed by atoms with E-state index < -0.39 is 47.9 Å². The van der Waals surface area contributed by atoms with Crippen molar-refractivity contribution in [1.82, 2.24) is 4.90 Å². The molecule has 0 bridgehead atoms. The van der Waals surface area contributed by atoms with Crippen LogP contribution in [-0.4, -0.2) is 70.3 Å². The molecule has 9 nitrogen and oxygen atoms in total. The third-order valence-electron chi connectivity index (χ3n) is 2.63. The van der Waals surface area contributed by atoms with Gasteiger partial charge in [0.25, 0.3) is 0 Å². The lowest BCUT2D eigenvalue weighted by Gasteiger charge is -2.32. The lowest BCUT2D eigenvalue weighted by atomic mass is 10.1. The number of carboxylic acid groups (broad SMARTS) is 1. The molecular formula is C16H29NO8. The number of aliphatic carboxylic acids is 1. The molecule has 0 fully saturated rings. The average molecular weight is 363 g/mol. The Labute approximate surface area is 147 Å². The molecule has 0 radical (unpaired) electrons. The van der Waals surface area contributed by atoms with E-state index in [0.29, 0.717) is 4.90 Å². The molecule has 2 atom stereocenters. The lowest BCUT2D eigenvalue weighted by molar-refractivity contribution is -0.144. The molecule has 0 aromatic carbocycles. The zero-order chi connectivity index (χ0) is 20.0. The minimum absolute atomic E-state index is 0.153.